The number of ketones is 1. The van der Waals surface area contributed by atoms with E-state index in [0.717, 1.165) is 22.3 Å². The Morgan fingerprint density at radius 2 is 1.75 bits per heavy atom. The van der Waals surface area contributed by atoms with Crippen LogP contribution >= 0.6 is 36.8 Å². The summed E-state index contributed by atoms with van der Waals surface area (Å²) in [5, 5.41) is 0.800. The van der Waals surface area contributed by atoms with Gasteiger partial charge >= 0.3 is 0 Å². The van der Waals surface area contributed by atoms with E-state index in [9.17, 15) is 9.59 Å². The zero-order valence-corrected chi connectivity index (χ0v) is 19.4. The first-order chi connectivity index (χ1) is 14.7. The zero-order chi connectivity index (χ0) is 20.5. The fraction of sp³-hybridized carbons (Fsp3) is 0.125. The number of rotatable bonds is 4. The zero-order valence-electron chi connectivity index (χ0n) is 17.0. The summed E-state index contributed by atoms with van der Waals surface area (Å²) in [4.78, 5) is 30.4. The van der Waals surface area contributed by atoms with E-state index < -0.39 is 0 Å². The summed E-state index contributed by atoms with van der Waals surface area (Å²) >= 11 is 1.64. The SMILES string of the molecule is Cl.Cl.O=C(c1ccccc1)c1cccc2c1ccn2C(=O)C1CSN(c2cccnc2)C1. The summed E-state index contributed by atoms with van der Waals surface area (Å²) in [6.45, 7) is 0.636. The average molecular weight is 486 g/mol. The Morgan fingerprint density at radius 1 is 0.938 bits per heavy atom. The van der Waals surface area contributed by atoms with Crippen molar-refractivity contribution in [1.29, 1.82) is 0 Å². The number of anilines is 1. The molecule has 0 amide bonds. The van der Waals surface area contributed by atoms with Crippen molar-refractivity contribution in [2.75, 3.05) is 16.6 Å². The van der Waals surface area contributed by atoms with Gasteiger partial charge in [-0.05, 0) is 36.2 Å². The standard InChI is InChI=1S/C24H19N3O2S.2ClH/c28-23(17-6-2-1-3-7-17)21-9-4-10-22-20(21)11-13-26(22)24(29)18-15-27(30-16-18)19-8-5-12-25-14-19;;/h1-14,18H,15-16H2;2*1H. The molecule has 0 saturated carbocycles. The number of hydrogen-bond acceptors (Lipinski definition) is 5. The van der Waals surface area contributed by atoms with Crippen LogP contribution in [0.4, 0.5) is 5.69 Å². The number of fused-ring (bicyclic) bond motifs is 1. The maximum atomic E-state index is 13.3. The van der Waals surface area contributed by atoms with Crippen molar-refractivity contribution >= 4 is 65.0 Å². The van der Waals surface area contributed by atoms with Crippen LogP contribution in [0.25, 0.3) is 10.9 Å². The highest BCUT2D eigenvalue weighted by atomic mass is 35.5. The maximum Gasteiger partial charge on any atom is 0.236 e. The van der Waals surface area contributed by atoms with Crippen molar-refractivity contribution in [3.05, 3.63) is 96.4 Å². The molecule has 1 atom stereocenters. The van der Waals surface area contributed by atoms with Crippen LogP contribution < -0.4 is 4.31 Å². The van der Waals surface area contributed by atoms with Gasteiger partial charge in [0.2, 0.25) is 5.91 Å². The highest BCUT2D eigenvalue weighted by Gasteiger charge is 2.31. The first-order valence-corrected chi connectivity index (χ1v) is 10.7. The third-order valence-electron chi connectivity index (χ3n) is 5.35. The number of nitrogens with zero attached hydrogens (tertiary/aromatic N) is 3. The summed E-state index contributed by atoms with van der Waals surface area (Å²) in [7, 11) is 0. The Hall–Kier alpha value is -2.80. The molecule has 1 aliphatic heterocycles. The van der Waals surface area contributed by atoms with E-state index in [1.54, 1.807) is 28.9 Å². The van der Waals surface area contributed by atoms with Gasteiger partial charge in [0.1, 0.15) is 0 Å². The molecule has 3 heterocycles. The van der Waals surface area contributed by atoms with Crippen molar-refractivity contribution < 1.29 is 9.59 Å². The molecular formula is C24H21Cl2N3O2S. The van der Waals surface area contributed by atoms with Gasteiger partial charge in [0.15, 0.2) is 5.78 Å². The number of halogens is 2. The lowest BCUT2D eigenvalue weighted by molar-refractivity contribution is 0.0861. The largest absolute Gasteiger partial charge is 0.314 e. The van der Waals surface area contributed by atoms with Crippen LogP contribution in [0.2, 0.25) is 0 Å². The minimum atomic E-state index is -0.126. The van der Waals surface area contributed by atoms with Gasteiger partial charge in [-0.2, -0.15) is 0 Å². The third kappa shape index (κ3) is 4.39. The van der Waals surface area contributed by atoms with E-state index in [-0.39, 0.29) is 42.4 Å². The Balaban J connectivity index is 0.00000144. The Morgan fingerprint density at radius 3 is 2.50 bits per heavy atom. The molecule has 0 spiro atoms. The van der Waals surface area contributed by atoms with Crippen LogP contribution in [0.1, 0.15) is 20.7 Å². The fourth-order valence-corrected chi connectivity index (χ4v) is 4.97. The van der Waals surface area contributed by atoms with Crippen LogP contribution in [0.15, 0.2) is 85.3 Å². The van der Waals surface area contributed by atoms with Crippen LogP contribution in [-0.4, -0.2) is 33.5 Å². The first-order valence-electron chi connectivity index (χ1n) is 9.77. The van der Waals surface area contributed by atoms with Gasteiger partial charge in [0.05, 0.1) is 23.3 Å². The van der Waals surface area contributed by atoms with Gasteiger partial charge in [-0.1, -0.05) is 42.5 Å². The smallest absolute Gasteiger partial charge is 0.236 e. The van der Waals surface area contributed by atoms with Gasteiger partial charge in [0, 0.05) is 41.2 Å². The molecule has 8 heteroatoms. The van der Waals surface area contributed by atoms with E-state index >= 15 is 0 Å². The second-order valence-electron chi connectivity index (χ2n) is 7.22. The second kappa shape index (κ2) is 10.2. The molecule has 1 aliphatic rings. The van der Waals surface area contributed by atoms with E-state index in [4.69, 9.17) is 0 Å². The van der Waals surface area contributed by atoms with E-state index in [2.05, 4.69) is 9.29 Å². The Bertz CT molecular complexity index is 1230. The molecule has 1 saturated heterocycles. The summed E-state index contributed by atoms with van der Waals surface area (Å²) in [5.41, 5.74) is 3.03. The van der Waals surface area contributed by atoms with Crippen molar-refractivity contribution in [3.8, 4) is 0 Å². The molecular weight excluding hydrogens is 465 g/mol. The molecule has 2 aromatic carbocycles. The molecule has 0 aliphatic carbocycles. The number of benzene rings is 2. The van der Waals surface area contributed by atoms with Crippen LogP contribution in [-0.2, 0) is 0 Å². The topological polar surface area (TPSA) is 55.2 Å². The molecule has 5 rings (SSSR count). The minimum absolute atomic E-state index is 0. The van der Waals surface area contributed by atoms with Gasteiger partial charge < -0.3 is 4.31 Å². The molecule has 4 aromatic rings. The first kappa shape index (κ1) is 23.9. The highest BCUT2D eigenvalue weighted by molar-refractivity contribution is 8.00. The van der Waals surface area contributed by atoms with E-state index in [1.807, 2.05) is 72.9 Å². The van der Waals surface area contributed by atoms with Crippen LogP contribution in [0.3, 0.4) is 0 Å². The molecule has 1 fully saturated rings. The Kier molecular flexibility index (Phi) is 7.61. The predicted octanol–water partition coefficient (Wildman–Crippen LogP) is 5.54. The molecule has 164 valence electrons. The molecule has 0 N–H and O–H groups in total. The third-order valence-corrected chi connectivity index (χ3v) is 6.57. The molecule has 5 nitrogen and oxygen atoms in total. The lowest BCUT2D eigenvalue weighted by atomic mass is 10.0. The molecule has 2 aromatic heterocycles. The molecule has 0 bridgehead atoms. The minimum Gasteiger partial charge on any atom is -0.314 e. The number of carbonyl (C=O) groups is 2. The number of carbonyl (C=O) groups excluding carboxylic acids is 2. The summed E-state index contributed by atoms with van der Waals surface area (Å²) < 4.78 is 3.81. The normalized spacial score (nSPS) is 15.1. The lowest BCUT2D eigenvalue weighted by Crippen LogP contribution is -2.26. The van der Waals surface area contributed by atoms with Crippen LogP contribution in [0.5, 0.6) is 0 Å². The lowest BCUT2D eigenvalue weighted by Gasteiger charge is -2.16. The van der Waals surface area contributed by atoms with Crippen molar-refractivity contribution in [2.24, 2.45) is 5.92 Å². The van der Waals surface area contributed by atoms with Gasteiger partial charge in [-0.25, -0.2) is 0 Å². The van der Waals surface area contributed by atoms with Crippen molar-refractivity contribution in [1.82, 2.24) is 9.55 Å². The van der Waals surface area contributed by atoms with E-state index in [1.165, 1.54) is 0 Å². The fourth-order valence-electron chi connectivity index (χ4n) is 3.82. The summed E-state index contributed by atoms with van der Waals surface area (Å²) in [6, 6.07) is 20.5. The van der Waals surface area contributed by atoms with E-state index in [0.29, 0.717) is 17.7 Å². The quantitative estimate of drug-likeness (QED) is 0.280. The van der Waals surface area contributed by atoms with Gasteiger partial charge in [-0.3, -0.25) is 19.1 Å². The Labute approximate surface area is 202 Å². The molecule has 0 radical (unpaired) electrons. The average Bonchev–Trinajstić information content (AvgIpc) is 3.47. The highest BCUT2D eigenvalue weighted by Crippen LogP contribution is 2.32. The number of hydrogen-bond donors (Lipinski definition) is 0. The van der Waals surface area contributed by atoms with Gasteiger partial charge in [-0.15, -0.1) is 24.8 Å². The van der Waals surface area contributed by atoms with Crippen molar-refractivity contribution in [3.63, 3.8) is 0 Å². The van der Waals surface area contributed by atoms with Crippen LogP contribution in [0, 0.1) is 5.92 Å². The van der Waals surface area contributed by atoms with Gasteiger partial charge in [0.25, 0.3) is 0 Å². The van der Waals surface area contributed by atoms with Crippen molar-refractivity contribution in [2.45, 2.75) is 0 Å². The maximum absolute atomic E-state index is 13.3. The summed E-state index contributed by atoms with van der Waals surface area (Å²) in [5.74, 6) is 0.605. The monoisotopic (exact) mass is 485 g/mol. The predicted molar refractivity (Wildman–Crippen MR) is 134 cm³/mol. The molecule has 32 heavy (non-hydrogen) atoms. The molecule has 1 unspecified atom stereocenters. The number of pyridine rings is 1. The second-order valence-corrected chi connectivity index (χ2v) is 8.25. The number of aromatic nitrogens is 2. The summed E-state index contributed by atoms with van der Waals surface area (Å²) in [6.07, 6.45) is 5.34.